The zero-order valence-corrected chi connectivity index (χ0v) is 8.63. The van der Waals surface area contributed by atoms with Crippen LogP contribution in [0.3, 0.4) is 0 Å². The summed E-state index contributed by atoms with van der Waals surface area (Å²) in [6.07, 6.45) is 5.62. The van der Waals surface area contributed by atoms with Gasteiger partial charge in [0.05, 0.1) is 6.33 Å². The summed E-state index contributed by atoms with van der Waals surface area (Å²) in [6.45, 7) is 2.85. The van der Waals surface area contributed by atoms with E-state index in [0.717, 1.165) is 19.6 Å². The van der Waals surface area contributed by atoms with Crippen LogP contribution in [-0.4, -0.2) is 16.1 Å². The quantitative estimate of drug-likeness (QED) is 0.746. The second-order valence-corrected chi connectivity index (χ2v) is 3.46. The van der Waals surface area contributed by atoms with Crippen LogP contribution in [-0.2, 0) is 13.1 Å². The Bertz CT molecular complexity index is 367. The van der Waals surface area contributed by atoms with E-state index in [9.17, 15) is 0 Å². The predicted molar refractivity (Wildman–Crippen MR) is 60.4 cm³/mol. The van der Waals surface area contributed by atoms with E-state index in [0.29, 0.717) is 0 Å². The number of nitrogens with zero attached hydrogens (tertiary/aromatic N) is 2. The van der Waals surface area contributed by atoms with Crippen LogP contribution in [0, 0.1) is 0 Å². The second-order valence-electron chi connectivity index (χ2n) is 3.46. The van der Waals surface area contributed by atoms with Crippen molar-refractivity contribution in [2.45, 2.75) is 13.1 Å². The topological polar surface area (TPSA) is 29.9 Å². The van der Waals surface area contributed by atoms with Crippen LogP contribution in [0.2, 0.25) is 0 Å². The van der Waals surface area contributed by atoms with Crippen molar-refractivity contribution in [3.8, 4) is 0 Å². The first kappa shape index (κ1) is 9.93. The number of nitrogens with one attached hydrogen (secondary N) is 1. The third kappa shape index (κ3) is 3.22. The monoisotopic (exact) mass is 201 g/mol. The van der Waals surface area contributed by atoms with Crippen molar-refractivity contribution in [3.63, 3.8) is 0 Å². The lowest BCUT2D eigenvalue weighted by molar-refractivity contribution is 0.597. The minimum Gasteiger partial charge on any atom is -0.336 e. The summed E-state index contributed by atoms with van der Waals surface area (Å²) >= 11 is 0. The van der Waals surface area contributed by atoms with Gasteiger partial charge in [-0.25, -0.2) is 4.98 Å². The highest BCUT2D eigenvalue weighted by atomic mass is 15.0. The van der Waals surface area contributed by atoms with Gasteiger partial charge in [0.1, 0.15) is 0 Å². The van der Waals surface area contributed by atoms with Gasteiger partial charge in [-0.2, -0.15) is 0 Å². The van der Waals surface area contributed by atoms with Crippen molar-refractivity contribution in [3.05, 3.63) is 54.6 Å². The van der Waals surface area contributed by atoms with Crippen LogP contribution < -0.4 is 5.32 Å². The highest BCUT2D eigenvalue weighted by molar-refractivity contribution is 5.14. The van der Waals surface area contributed by atoms with Gasteiger partial charge in [0.15, 0.2) is 0 Å². The standard InChI is InChI=1S/C12H15N3/c1-2-4-12(5-3-1)10-13-6-8-15-9-7-14-11-15/h1-5,7,9,11,13H,6,8,10H2. The molecule has 0 atom stereocenters. The zero-order chi connectivity index (χ0) is 10.3. The normalized spacial score (nSPS) is 10.4. The summed E-state index contributed by atoms with van der Waals surface area (Å²) in [7, 11) is 0. The molecule has 0 radical (unpaired) electrons. The lowest BCUT2D eigenvalue weighted by Crippen LogP contribution is -2.18. The minimum absolute atomic E-state index is 0.926. The van der Waals surface area contributed by atoms with Crippen molar-refractivity contribution < 1.29 is 0 Å². The maximum Gasteiger partial charge on any atom is 0.0946 e. The smallest absolute Gasteiger partial charge is 0.0946 e. The molecule has 1 N–H and O–H groups in total. The Labute approximate surface area is 89.8 Å². The SMILES string of the molecule is c1ccc(CNCCn2ccnc2)cc1. The van der Waals surface area contributed by atoms with E-state index in [1.54, 1.807) is 6.20 Å². The molecule has 0 bridgehead atoms. The summed E-state index contributed by atoms with van der Waals surface area (Å²) in [4.78, 5) is 3.99. The number of aromatic nitrogens is 2. The van der Waals surface area contributed by atoms with Gasteiger partial charge in [0.2, 0.25) is 0 Å². The Morgan fingerprint density at radius 2 is 2.07 bits per heavy atom. The molecule has 0 aliphatic heterocycles. The van der Waals surface area contributed by atoms with E-state index >= 15 is 0 Å². The van der Waals surface area contributed by atoms with Crippen molar-refractivity contribution in [1.82, 2.24) is 14.9 Å². The Balaban J connectivity index is 1.68. The number of imidazole rings is 1. The number of rotatable bonds is 5. The molecule has 0 saturated heterocycles. The van der Waals surface area contributed by atoms with E-state index in [4.69, 9.17) is 0 Å². The Hall–Kier alpha value is -1.61. The summed E-state index contributed by atoms with van der Waals surface area (Å²) in [6, 6.07) is 10.4. The van der Waals surface area contributed by atoms with Crippen LogP contribution in [0.25, 0.3) is 0 Å². The van der Waals surface area contributed by atoms with Gasteiger partial charge in [-0.15, -0.1) is 0 Å². The maximum absolute atomic E-state index is 3.99. The fourth-order valence-electron chi connectivity index (χ4n) is 1.46. The van der Waals surface area contributed by atoms with E-state index < -0.39 is 0 Å². The first-order valence-electron chi connectivity index (χ1n) is 5.15. The molecule has 3 nitrogen and oxygen atoms in total. The van der Waals surface area contributed by atoms with Gasteiger partial charge >= 0.3 is 0 Å². The highest BCUT2D eigenvalue weighted by Gasteiger charge is 1.91. The Kier molecular flexibility index (Phi) is 3.52. The van der Waals surface area contributed by atoms with Gasteiger partial charge in [0, 0.05) is 32.0 Å². The highest BCUT2D eigenvalue weighted by Crippen LogP contribution is 1.96. The molecule has 1 aromatic heterocycles. The molecule has 0 aliphatic rings. The van der Waals surface area contributed by atoms with Gasteiger partial charge < -0.3 is 9.88 Å². The van der Waals surface area contributed by atoms with Crippen LogP contribution in [0.5, 0.6) is 0 Å². The summed E-state index contributed by atoms with van der Waals surface area (Å²) in [5.74, 6) is 0. The molecule has 1 aromatic carbocycles. The third-order valence-electron chi connectivity index (χ3n) is 2.28. The van der Waals surface area contributed by atoms with Crippen LogP contribution in [0.15, 0.2) is 49.1 Å². The lowest BCUT2D eigenvalue weighted by Gasteiger charge is -2.05. The fourth-order valence-corrected chi connectivity index (χ4v) is 1.46. The van der Waals surface area contributed by atoms with Crippen molar-refractivity contribution >= 4 is 0 Å². The van der Waals surface area contributed by atoms with Crippen molar-refractivity contribution in [2.24, 2.45) is 0 Å². The molecule has 78 valence electrons. The zero-order valence-electron chi connectivity index (χ0n) is 8.63. The summed E-state index contributed by atoms with van der Waals surface area (Å²) in [5.41, 5.74) is 1.32. The molecular formula is C12H15N3. The molecule has 0 unspecified atom stereocenters. The van der Waals surface area contributed by atoms with Crippen molar-refractivity contribution in [2.75, 3.05) is 6.54 Å². The number of hydrogen-bond donors (Lipinski definition) is 1. The average Bonchev–Trinajstić information content (AvgIpc) is 2.79. The Morgan fingerprint density at radius 1 is 1.20 bits per heavy atom. The molecule has 3 heteroatoms. The maximum atomic E-state index is 3.99. The average molecular weight is 201 g/mol. The molecule has 0 amide bonds. The van der Waals surface area contributed by atoms with Crippen LogP contribution in [0.4, 0.5) is 0 Å². The molecule has 2 rings (SSSR count). The molecule has 0 saturated carbocycles. The molecule has 1 heterocycles. The second kappa shape index (κ2) is 5.32. The molecule has 2 aromatic rings. The fraction of sp³-hybridized carbons (Fsp3) is 0.250. The first-order chi connectivity index (χ1) is 7.45. The molecule has 0 fully saturated rings. The van der Waals surface area contributed by atoms with Gasteiger partial charge in [-0.3, -0.25) is 0 Å². The Morgan fingerprint density at radius 3 is 2.80 bits per heavy atom. The largest absolute Gasteiger partial charge is 0.336 e. The van der Waals surface area contributed by atoms with Gasteiger partial charge in [-0.05, 0) is 5.56 Å². The number of benzene rings is 1. The third-order valence-corrected chi connectivity index (χ3v) is 2.28. The number of hydrogen-bond acceptors (Lipinski definition) is 2. The van der Waals surface area contributed by atoms with Gasteiger partial charge in [0.25, 0.3) is 0 Å². The molecular weight excluding hydrogens is 186 g/mol. The predicted octanol–water partition coefficient (Wildman–Crippen LogP) is 1.67. The van der Waals surface area contributed by atoms with E-state index in [2.05, 4.69) is 39.1 Å². The first-order valence-corrected chi connectivity index (χ1v) is 5.15. The minimum atomic E-state index is 0.926. The molecule has 0 spiro atoms. The van der Waals surface area contributed by atoms with Gasteiger partial charge in [-0.1, -0.05) is 30.3 Å². The van der Waals surface area contributed by atoms with E-state index in [-0.39, 0.29) is 0 Å². The lowest BCUT2D eigenvalue weighted by atomic mass is 10.2. The van der Waals surface area contributed by atoms with Crippen molar-refractivity contribution in [1.29, 1.82) is 0 Å². The van der Waals surface area contributed by atoms with E-state index in [1.807, 2.05) is 18.6 Å². The summed E-state index contributed by atoms with van der Waals surface area (Å²) < 4.78 is 2.07. The molecule has 0 aliphatic carbocycles. The van der Waals surface area contributed by atoms with Crippen LogP contribution in [0.1, 0.15) is 5.56 Å². The van der Waals surface area contributed by atoms with Crippen LogP contribution >= 0.6 is 0 Å². The van der Waals surface area contributed by atoms with E-state index in [1.165, 1.54) is 5.56 Å². The summed E-state index contributed by atoms with van der Waals surface area (Å²) in [5, 5.41) is 3.39. The molecule has 15 heavy (non-hydrogen) atoms.